The molecular weight excluding hydrogens is 1930 g/mol. The lowest BCUT2D eigenvalue weighted by molar-refractivity contribution is -0.0654. The first-order chi connectivity index (χ1) is 60.3. The van der Waals surface area contributed by atoms with Crippen molar-refractivity contribution >= 4 is 58.2 Å². The van der Waals surface area contributed by atoms with E-state index in [1.807, 2.05) is 41.9 Å². The summed E-state index contributed by atoms with van der Waals surface area (Å²) in [6.45, 7) is 71.1. The number of methoxy groups -OCH3 is 4. The largest absolute Gasteiger partial charge is 0.420 e. The number of hydrogen-bond donors (Lipinski definition) is 0. The van der Waals surface area contributed by atoms with Crippen LogP contribution in [0.2, 0.25) is 134 Å². The van der Waals surface area contributed by atoms with Gasteiger partial charge in [0.15, 0.2) is 58.2 Å². The highest BCUT2D eigenvalue weighted by Crippen LogP contribution is 2.19. The Labute approximate surface area is 890 Å². The van der Waals surface area contributed by atoms with Crippen molar-refractivity contribution in [2.45, 2.75) is 382 Å². The van der Waals surface area contributed by atoms with Crippen molar-refractivity contribution in [3.8, 4) is 0 Å². The average molecular weight is 2190 g/mol. The maximum Gasteiger partial charge on any atom is 0.186 e. The summed E-state index contributed by atoms with van der Waals surface area (Å²) in [5, 5.41) is 0. The Morgan fingerprint density at radius 3 is 0.553 bits per heavy atom. The first kappa shape index (κ1) is 192. The lowest BCUT2D eigenvalue weighted by Crippen LogP contribution is -2.29. The maximum atomic E-state index is 5.71. The van der Waals surface area contributed by atoms with E-state index in [9.17, 15) is 0 Å². The summed E-state index contributed by atoms with van der Waals surface area (Å²) in [5.74, 6) is 0. The van der Waals surface area contributed by atoms with Crippen LogP contribution in [0.15, 0.2) is 0 Å². The minimum Gasteiger partial charge on any atom is -0.420 e. The molecule has 0 heterocycles. The number of rotatable bonds is 87. The van der Waals surface area contributed by atoms with Crippen LogP contribution in [-0.4, -0.2) is 405 Å². The molecule has 0 bridgehead atoms. The van der Waals surface area contributed by atoms with Gasteiger partial charge in [-0.3, -0.25) is 0 Å². The highest BCUT2D eigenvalue weighted by atomic mass is 28.4. The molecule has 0 aliphatic rings. The number of ether oxygens (including phenoxy) is 23. The molecule has 0 aromatic heterocycles. The average Bonchev–Trinajstić information content (AvgIpc) is 1.02. The molecule has 0 aliphatic heterocycles. The van der Waals surface area contributed by atoms with E-state index in [1.54, 1.807) is 64.0 Å². The van der Waals surface area contributed by atoms with Gasteiger partial charge in [-0.05, 0) is 233 Å². The third-order valence-corrected chi connectivity index (χ3v) is 38.0. The molecule has 0 fully saturated rings. The van der Waals surface area contributed by atoms with Crippen molar-refractivity contribution in [3.63, 3.8) is 0 Å². The van der Waals surface area contributed by atoms with E-state index >= 15 is 0 Å². The molecule has 0 aromatic rings. The summed E-state index contributed by atoms with van der Waals surface area (Å²) in [6.07, 6.45) is 10.5. The third-order valence-electron chi connectivity index (χ3n) is 19.4. The Hall–Kier alpha value is 0.318. The Kier molecular flexibility index (Phi) is 191. The zero-order valence-corrected chi connectivity index (χ0v) is 95.4. The van der Waals surface area contributed by atoms with Gasteiger partial charge in [0.05, 0.1) is 196 Å². The van der Waals surface area contributed by atoms with Crippen molar-refractivity contribution < 1.29 is 140 Å². The van der Waals surface area contributed by atoms with Crippen molar-refractivity contribution in [3.05, 3.63) is 0 Å². The molecule has 0 spiro atoms. The maximum absolute atomic E-state index is 5.71. The minimum atomic E-state index is -1.44. The van der Waals surface area contributed by atoms with E-state index in [0.717, 1.165) is 166 Å². The molecule has 30 nitrogen and oxygen atoms in total. The molecule has 5 unspecified atom stereocenters. The van der Waals surface area contributed by atoms with Crippen molar-refractivity contribution in [2.24, 2.45) is 0 Å². The highest BCUT2D eigenvalue weighted by Gasteiger charge is 2.25. The molecule has 141 heavy (non-hydrogen) atoms. The van der Waals surface area contributed by atoms with Crippen LogP contribution in [0, 0.1) is 0 Å². The van der Waals surface area contributed by atoms with Gasteiger partial charge in [0.1, 0.15) is 6.79 Å². The minimum absolute atomic E-state index is 0. The van der Waals surface area contributed by atoms with Crippen LogP contribution in [0.4, 0.5) is 0 Å². The number of hydrogen-bond acceptors (Lipinski definition) is 30. The third kappa shape index (κ3) is 171. The summed E-state index contributed by atoms with van der Waals surface area (Å²) in [5.41, 5.74) is 0. The molecule has 0 radical (unpaired) electrons. The fraction of sp³-hybridized carbons (Fsp3) is 1.00. The van der Waals surface area contributed by atoms with E-state index in [-0.39, 0.29) is 134 Å². The summed E-state index contributed by atoms with van der Waals surface area (Å²) in [7, 11) is 9.47. The summed E-state index contributed by atoms with van der Waals surface area (Å²) in [4.78, 5) is 0. The molecule has 0 saturated heterocycles. The molecule has 0 saturated carbocycles. The van der Waals surface area contributed by atoms with Crippen molar-refractivity contribution in [1.29, 1.82) is 0 Å². The lowest BCUT2D eigenvalue weighted by Gasteiger charge is -2.21. The van der Waals surface area contributed by atoms with E-state index in [0.29, 0.717) is 172 Å². The molecule has 0 N–H and O–H groups in total. The van der Waals surface area contributed by atoms with E-state index in [2.05, 4.69) is 119 Å². The van der Waals surface area contributed by atoms with E-state index in [1.165, 1.54) is 0 Å². The van der Waals surface area contributed by atoms with Crippen molar-refractivity contribution in [2.75, 3.05) is 316 Å². The molecule has 0 amide bonds. The zero-order valence-electron chi connectivity index (χ0n) is 88.4. The normalized spacial score (nSPS) is 12.0. The van der Waals surface area contributed by atoms with Gasteiger partial charge in [-0.15, -0.1) is 0 Å². The van der Waals surface area contributed by atoms with Crippen LogP contribution >= 0.6 is 0 Å². The van der Waals surface area contributed by atoms with Crippen molar-refractivity contribution in [1.82, 2.24) is 0 Å². The second kappa shape index (κ2) is 140. The lowest BCUT2D eigenvalue weighted by atomic mass is 10.4. The van der Waals surface area contributed by atoms with Crippen LogP contribution in [0.3, 0.4) is 0 Å². The topological polar surface area (TPSA) is 277 Å². The van der Waals surface area contributed by atoms with Gasteiger partial charge in [0.2, 0.25) is 0 Å². The fourth-order valence-corrected chi connectivity index (χ4v) is 18.3. The Balaban J connectivity index is -0.0000000623. The van der Waals surface area contributed by atoms with Gasteiger partial charge in [0.25, 0.3) is 0 Å². The Morgan fingerprint density at radius 2 is 0.333 bits per heavy atom. The van der Waals surface area contributed by atoms with E-state index in [4.69, 9.17) is 140 Å². The molecule has 888 valence electrons. The van der Waals surface area contributed by atoms with Gasteiger partial charge in [-0.1, -0.05) is 118 Å². The second-order valence-corrected chi connectivity index (χ2v) is 66.0. The van der Waals surface area contributed by atoms with Gasteiger partial charge < -0.3 is 140 Å². The standard InChI is InChI=1S/C17H38O7Si.C17H38O6Si.C13H30O4Si.C12H28O3Si.C11H26O3Si.C10H24O4Si.C10H24O3Si.14CH4/c1-18-7-8-21-11-12-23-15-16-24-14-13-22-10-9-20-6-5-17-25(3,4)19-2;1-5-7-19-9-11-21-13-15-23-16-14-22-12-10-20-8-6-17-24(3,4)18-2;1-12(10-14-3)17-11-13(2)16-8-7-9-18(5,6)15-4;1-6-8-14-11-12(2)15-9-7-10-16(4,5)13-3;1-6-13-10-11(2)14-8-7-9-15(4,5)12-3;1-11-7-8-14-10-13-6-5-9-15(3,4)12-2;1-10(9-11-2)13-7-6-8-14(4,5)12-3;;;;;;;;;;;;;;/h5-17H2,1-4H3;5-17H2,1-4H3;12-13H,7-11H2,1-6H3;12H,6-11H2,1-5H3;11H,6-10H2,1-5H3;5-10H2,1-4H3;10H,6-9H2,1-5H3;14*1H4. The smallest absolute Gasteiger partial charge is 0.186 e. The van der Waals surface area contributed by atoms with Gasteiger partial charge in [0, 0.05) is 144 Å². The predicted octanol–water partition coefficient (Wildman–Crippen LogP) is 26.1. The molecule has 5 atom stereocenters. The molecule has 0 rings (SSSR count). The van der Waals surface area contributed by atoms with E-state index < -0.39 is 58.2 Å². The van der Waals surface area contributed by atoms with Gasteiger partial charge in [-0.25, -0.2) is 0 Å². The molecule has 0 aliphatic carbocycles. The van der Waals surface area contributed by atoms with Gasteiger partial charge >= 0.3 is 0 Å². The van der Waals surface area contributed by atoms with Crippen LogP contribution in [0.1, 0.15) is 217 Å². The monoisotopic (exact) mass is 2190 g/mol. The van der Waals surface area contributed by atoms with Crippen LogP contribution in [0.25, 0.3) is 0 Å². The van der Waals surface area contributed by atoms with Crippen LogP contribution in [0.5, 0.6) is 0 Å². The van der Waals surface area contributed by atoms with Crippen LogP contribution in [-0.2, 0) is 140 Å². The summed E-state index contributed by atoms with van der Waals surface area (Å²) < 4.78 is 162. The Morgan fingerprint density at radius 1 is 0.163 bits per heavy atom. The second-order valence-electron chi connectivity index (χ2n) is 35.0. The Bertz CT molecular complexity index is 2090. The zero-order chi connectivity index (χ0) is 97.4. The fourth-order valence-electron chi connectivity index (χ4n) is 9.90. The summed E-state index contributed by atoms with van der Waals surface area (Å²) in [6, 6.07) is 7.99. The molecular formula is C104H264O30Si7. The van der Waals surface area contributed by atoms with Crippen LogP contribution < -0.4 is 0 Å². The SMILES string of the molecule is C.C.C.C.C.C.C.C.C.C.C.C.C.C.CCCOCC(C)OCCC[Si](C)(C)OC.CCCOCCOCCOCCOCCOCCC[Si](C)(C)OC.CCOCC(C)OCCC[Si](C)(C)OC.COCC(C)OCC(C)OCCC[Si](C)(C)OC.COCC(C)OCCC[Si](C)(C)OC.COCCOCCOCCOCCOCCOCCC[Si](C)(C)OC.COCCOCOCCC[Si](C)(C)OC. The predicted molar refractivity (Wildman–Crippen MR) is 629 cm³/mol. The molecule has 37 heteroatoms. The highest BCUT2D eigenvalue weighted by molar-refractivity contribution is 6.73. The first-order valence-corrected chi connectivity index (χ1v) is 69.1. The summed E-state index contributed by atoms with van der Waals surface area (Å²) >= 11 is 0. The first-order valence-electron chi connectivity index (χ1n) is 47.3. The van der Waals surface area contributed by atoms with Gasteiger partial charge in [-0.2, -0.15) is 0 Å². The molecule has 0 aromatic carbocycles. The quantitative estimate of drug-likeness (QED) is 0.0311.